The molecule has 0 spiro atoms. The molecule has 2 heterocycles. The molecule has 286 valence electrons. The molecule has 17 heteroatoms. The first-order chi connectivity index (χ1) is 27.0. The molecule has 4 amide bonds. The number of benzene rings is 3. The Bertz CT molecular complexity index is 2630. The molecular weight excluding hydrogens is 755 g/mol. The van der Waals surface area contributed by atoms with Crippen LogP contribution in [0.25, 0.3) is 11.0 Å². The van der Waals surface area contributed by atoms with Gasteiger partial charge in [-0.2, -0.15) is 13.7 Å². The summed E-state index contributed by atoms with van der Waals surface area (Å²) in [5, 5.41) is 14.3. The lowest BCUT2D eigenvalue weighted by atomic mass is 9.90. The molecule has 3 aromatic carbocycles. The van der Waals surface area contributed by atoms with E-state index in [-0.39, 0.29) is 16.6 Å². The van der Waals surface area contributed by atoms with E-state index in [1.54, 1.807) is 12.1 Å². The molecule has 4 aliphatic carbocycles. The van der Waals surface area contributed by atoms with Crippen molar-refractivity contribution >= 4 is 55.3 Å². The van der Waals surface area contributed by atoms with Crippen LogP contribution in [0.3, 0.4) is 0 Å². The second-order valence-electron chi connectivity index (χ2n) is 14.6. The number of fused-ring (bicyclic) bond motifs is 5. The number of amides is 4. The van der Waals surface area contributed by atoms with Crippen LogP contribution < -0.4 is 20.1 Å². The fraction of sp³-hybridized carbons (Fsp3) is 0.308. The summed E-state index contributed by atoms with van der Waals surface area (Å²) < 4.78 is 52.6. The normalized spacial score (nSPS) is 17.1. The maximum absolute atomic E-state index is 13.4. The van der Waals surface area contributed by atoms with Gasteiger partial charge in [0.2, 0.25) is 5.03 Å². The third-order valence-electron chi connectivity index (χ3n) is 11.3. The Hall–Kier alpha value is -5.67. The minimum atomic E-state index is -4.34. The van der Waals surface area contributed by atoms with Gasteiger partial charge in [0.25, 0.3) is 10.0 Å². The number of aromatic nitrogens is 4. The van der Waals surface area contributed by atoms with Gasteiger partial charge in [0, 0.05) is 29.7 Å². The number of urea groups is 2. The molecule has 4 aliphatic rings. The lowest BCUT2D eigenvalue weighted by molar-refractivity contribution is 0.255. The van der Waals surface area contributed by atoms with E-state index in [1.165, 1.54) is 23.5 Å². The van der Waals surface area contributed by atoms with Crippen molar-refractivity contribution in [2.75, 3.05) is 10.6 Å². The van der Waals surface area contributed by atoms with E-state index in [2.05, 4.69) is 52.1 Å². The minimum absolute atomic E-state index is 0.0569. The highest BCUT2D eigenvalue weighted by molar-refractivity contribution is 8.23. The topological polar surface area (TPSA) is 232 Å². The Morgan fingerprint density at radius 1 is 0.732 bits per heavy atom. The van der Waals surface area contributed by atoms with E-state index in [0.717, 1.165) is 115 Å². The fourth-order valence-corrected chi connectivity index (χ4v) is 10.7. The summed E-state index contributed by atoms with van der Waals surface area (Å²) in [6.07, 6.45) is 13.1. The van der Waals surface area contributed by atoms with E-state index in [9.17, 15) is 32.4 Å². The Balaban J connectivity index is 0.941. The summed E-state index contributed by atoms with van der Waals surface area (Å²) in [5.41, 5.74) is 11.6. The van der Waals surface area contributed by atoms with E-state index < -0.39 is 37.9 Å². The highest BCUT2D eigenvalue weighted by Crippen LogP contribution is 2.47. The molecule has 0 saturated heterocycles. The van der Waals surface area contributed by atoms with Gasteiger partial charge in [-0.3, -0.25) is 14.1 Å². The Morgan fingerprint density at radius 2 is 1.36 bits per heavy atom. The van der Waals surface area contributed by atoms with Crippen LogP contribution in [-0.2, 0) is 55.0 Å². The first-order valence-electron chi connectivity index (χ1n) is 18.5. The van der Waals surface area contributed by atoms with Gasteiger partial charge >= 0.3 is 12.1 Å². The zero-order valence-electron chi connectivity index (χ0n) is 30.1. The number of hydrogen-bond acceptors (Lipinski definition) is 11. The van der Waals surface area contributed by atoms with E-state index in [0.29, 0.717) is 23.1 Å². The molecule has 0 aliphatic heterocycles. The number of nitrogens with one attached hydrogen (secondary N) is 4. The standard InChI is InChI=1S/C39H37N9O6S2/c40-19-33-37(42-15-14-41-33)56(53,54)48-39(50)46-36-28-9-3-6-23(28)17-30-25(11-12-29(30)36)24-10-13-31-32(18-24)43-20-34(44-31)55(51,52)47-38(49)45-35-26-7-1-4-21(26)16-22-5-2-8-27(22)35/h10,13-18,20,25,53-54H,1-9,11-12H2,(H2,45,47,49)(H2,46,48,50). The zero-order chi connectivity index (χ0) is 38.8. The summed E-state index contributed by atoms with van der Waals surface area (Å²) in [7, 11) is -8.34. The van der Waals surface area contributed by atoms with Crippen LogP contribution in [0, 0.1) is 11.3 Å². The summed E-state index contributed by atoms with van der Waals surface area (Å²) in [5.74, 6) is -0.0569. The fourth-order valence-electron chi connectivity index (χ4n) is 8.90. The number of carbonyl (C=O) groups excluding carboxylic acids is 2. The molecule has 9 rings (SSSR count). The molecule has 2 aromatic heterocycles. The van der Waals surface area contributed by atoms with E-state index >= 15 is 0 Å². The Morgan fingerprint density at radius 3 is 2.04 bits per heavy atom. The molecule has 1 atom stereocenters. The molecular formula is C39H37N9O6S2. The first kappa shape index (κ1) is 36.0. The van der Waals surface area contributed by atoms with Gasteiger partial charge in [0.05, 0.1) is 17.2 Å². The average molecular weight is 792 g/mol. The third-order valence-corrected chi connectivity index (χ3v) is 13.8. The monoisotopic (exact) mass is 791 g/mol. The van der Waals surface area contributed by atoms with Crippen LogP contribution >= 0.6 is 10.8 Å². The lowest BCUT2D eigenvalue weighted by Gasteiger charge is -2.31. The highest BCUT2D eigenvalue weighted by atomic mass is 32.3. The predicted molar refractivity (Wildman–Crippen MR) is 208 cm³/mol. The second kappa shape index (κ2) is 13.8. The van der Waals surface area contributed by atoms with Crippen molar-refractivity contribution < 1.29 is 27.1 Å². The van der Waals surface area contributed by atoms with Crippen LogP contribution in [0.1, 0.15) is 87.4 Å². The van der Waals surface area contributed by atoms with Crippen LogP contribution in [0.15, 0.2) is 59.0 Å². The lowest BCUT2D eigenvalue weighted by Crippen LogP contribution is -2.35. The molecule has 0 saturated carbocycles. The van der Waals surface area contributed by atoms with Crippen molar-refractivity contribution in [1.82, 2.24) is 29.4 Å². The Kier molecular flexibility index (Phi) is 8.88. The van der Waals surface area contributed by atoms with Crippen LogP contribution in [-0.4, -0.2) is 49.5 Å². The summed E-state index contributed by atoms with van der Waals surface area (Å²) in [6, 6.07) is 10.00. The van der Waals surface area contributed by atoms with Crippen LogP contribution in [0.5, 0.6) is 0 Å². The number of sulfonamides is 1. The van der Waals surface area contributed by atoms with Crippen molar-refractivity contribution in [1.29, 1.82) is 5.26 Å². The first-order valence-corrected chi connectivity index (χ1v) is 21.5. The number of anilines is 2. The molecule has 0 radical (unpaired) electrons. The smallest absolute Gasteiger partial charge is 0.307 e. The molecule has 0 fully saturated rings. The van der Waals surface area contributed by atoms with Crippen molar-refractivity contribution in [2.24, 2.45) is 0 Å². The zero-order valence-corrected chi connectivity index (χ0v) is 31.7. The number of hydrogen-bond donors (Lipinski definition) is 6. The maximum Gasteiger partial charge on any atom is 0.337 e. The number of nitriles is 1. The van der Waals surface area contributed by atoms with Gasteiger partial charge in [-0.25, -0.2) is 34.0 Å². The Labute approximate surface area is 323 Å². The van der Waals surface area contributed by atoms with Crippen molar-refractivity contribution in [3.63, 3.8) is 0 Å². The van der Waals surface area contributed by atoms with Gasteiger partial charge < -0.3 is 10.6 Å². The SMILES string of the molecule is N#Cc1nccnc1S(O)(O)NC(=O)Nc1c2c(cc3c1CCC3c1ccc3nc(S(=O)(=O)NC(=O)Nc4c5c(cc6c4CCC6)CCC5)cnc3c1)CCC2. The van der Waals surface area contributed by atoms with Crippen molar-refractivity contribution in [3.05, 3.63) is 105 Å². The molecule has 5 aromatic rings. The molecule has 0 bridgehead atoms. The van der Waals surface area contributed by atoms with Gasteiger partial charge in [-0.1, -0.05) is 29.0 Å². The minimum Gasteiger partial charge on any atom is -0.307 e. The number of aryl methyl sites for hydroxylation is 3. The summed E-state index contributed by atoms with van der Waals surface area (Å²) in [6.45, 7) is 0. The number of carbonyl (C=O) groups is 2. The van der Waals surface area contributed by atoms with Crippen LogP contribution in [0.2, 0.25) is 0 Å². The maximum atomic E-state index is 13.4. The molecule has 56 heavy (non-hydrogen) atoms. The highest BCUT2D eigenvalue weighted by Gasteiger charge is 2.33. The van der Waals surface area contributed by atoms with Gasteiger partial charge in [-0.15, -0.1) is 0 Å². The summed E-state index contributed by atoms with van der Waals surface area (Å²) >= 11 is 0. The molecule has 6 N–H and O–H groups in total. The van der Waals surface area contributed by atoms with Gasteiger partial charge in [0.1, 0.15) is 6.07 Å². The largest absolute Gasteiger partial charge is 0.337 e. The summed E-state index contributed by atoms with van der Waals surface area (Å²) in [4.78, 5) is 42.9. The predicted octanol–water partition coefficient (Wildman–Crippen LogP) is 6.19. The van der Waals surface area contributed by atoms with Crippen LogP contribution in [0.4, 0.5) is 21.0 Å². The molecule has 15 nitrogen and oxygen atoms in total. The van der Waals surface area contributed by atoms with Gasteiger partial charge in [0.15, 0.2) is 10.7 Å². The second-order valence-corrected chi connectivity index (χ2v) is 17.9. The third kappa shape index (κ3) is 6.37. The van der Waals surface area contributed by atoms with Crippen molar-refractivity contribution in [2.45, 2.75) is 86.6 Å². The molecule has 1 unspecified atom stereocenters. The number of nitrogens with zero attached hydrogens (tertiary/aromatic N) is 5. The van der Waals surface area contributed by atoms with E-state index in [1.807, 2.05) is 12.1 Å². The van der Waals surface area contributed by atoms with Crippen molar-refractivity contribution in [3.8, 4) is 6.07 Å². The van der Waals surface area contributed by atoms with Gasteiger partial charge in [-0.05, 0) is 133 Å². The van der Waals surface area contributed by atoms with E-state index in [4.69, 9.17) is 0 Å². The number of rotatable bonds is 7. The average Bonchev–Trinajstić information content (AvgIpc) is 4.01. The quantitative estimate of drug-likeness (QED) is 0.109.